The zero-order valence-corrected chi connectivity index (χ0v) is 13.9. The predicted octanol–water partition coefficient (Wildman–Crippen LogP) is 3.29. The van der Waals surface area contributed by atoms with Gasteiger partial charge in [0.05, 0.1) is 5.75 Å². The van der Waals surface area contributed by atoms with E-state index in [0.29, 0.717) is 6.54 Å². The SMILES string of the molecule is Cc1cccc(CS(=O)(=O)NCC(C)Cc2ccccc2)c1. The van der Waals surface area contributed by atoms with Gasteiger partial charge in [0.1, 0.15) is 0 Å². The van der Waals surface area contributed by atoms with Gasteiger partial charge < -0.3 is 0 Å². The van der Waals surface area contributed by atoms with Crippen molar-refractivity contribution in [2.75, 3.05) is 6.54 Å². The summed E-state index contributed by atoms with van der Waals surface area (Å²) in [6, 6.07) is 17.7. The summed E-state index contributed by atoms with van der Waals surface area (Å²) in [5.74, 6) is 0.293. The van der Waals surface area contributed by atoms with Crippen LogP contribution in [0.4, 0.5) is 0 Å². The highest BCUT2D eigenvalue weighted by atomic mass is 32.2. The van der Waals surface area contributed by atoms with Crippen molar-refractivity contribution in [3.8, 4) is 0 Å². The molecule has 0 spiro atoms. The Morgan fingerprint density at radius 2 is 1.68 bits per heavy atom. The molecule has 118 valence electrons. The van der Waals surface area contributed by atoms with Crippen LogP contribution >= 0.6 is 0 Å². The third-order valence-corrected chi connectivity index (χ3v) is 4.84. The second-order valence-electron chi connectivity index (χ2n) is 5.89. The summed E-state index contributed by atoms with van der Waals surface area (Å²) in [4.78, 5) is 0. The lowest BCUT2D eigenvalue weighted by Gasteiger charge is -2.13. The molecule has 3 nitrogen and oxygen atoms in total. The maximum Gasteiger partial charge on any atom is 0.215 e. The lowest BCUT2D eigenvalue weighted by molar-refractivity contribution is 0.536. The summed E-state index contributed by atoms with van der Waals surface area (Å²) >= 11 is 0. The molecule has 0 amide bonds. The molecule has 4 heteroatoms. The van der Waals surface area contributed by atoms with Crippen LogP contribution in [0.25, 0.3) is 0 Å². The normalized spacial score (nSPS) is 13.0. The van der Waals surface area contributed by atoms with E-state index in [1.807, 2.05) is 49.4 Å². The molecule has 0 radical (unpaired) electrons. The Bertz CT molecular complexity index is 696. The molecule has 1 N–H and O–H groups in total. The molecule has 0 fully saturated rings. The highest BCUT2D eigenvalue weighted by Gasteiger charge is 2.13. The molecule has 0 aromatic heterocycles. The standard InChI is InChI=1S/C18H23NO2S/c1-15-7-6-10-18(11-15)14-22(20,21)19-13-16(2)12-17-8-4-3-5-9-17/h3-11,16,19H,12-14H2,1-2H3. The molecule has 1 unspecified atom stereocenters. The maximum atomic E-state index is 12.2. The summed E-state index contributed by atoms with van der Waals surface area (Å²) < 4.78 is 27.0. The average Bonchev–Trinajstić information content (AvgIpc) is 2.46. The fourth-order valence-electron chi connectivity index (χ4n) is 2.43. The van der Waals surface area contributed by atoms with E-state index in [4.69, 9.17) is 0 Å². The molecule has 0 aliphatic heterocycles. The van der Waals surface area contributed by atoms with Crippen LogP contribution in [0, 0.1) is 12.8 Å². The van der Waals surface area contributed by atoms with Crippen molar-refractivity contribution >= 4 is 10.0 Å². The highest BCUT2D eigenvalue weighted by Crippen LogP contribution is 2.10. The molecule has 0 aliphatic rings. The Morgan fingerprint density at radius 1 is 1.00 bits per heavy atom. The van der Waals surface area contributed by atoms with E-state index in [-0.39, 0.29) is 11.7 Å². The molecule has 0 saturated carbocycles. The van der Waals surface area contributed by atoms with E-state index < -0.39 is 10.0 Å². The molecule has 0 bridgehead atoms. The van der Waals surface area contributed by atoms with Crippen molar-refractivity contribution in [1.29, 1.82) is 0 Å². The first-order valence-electron chi connectivity index (χ1n) is 7.51. The molecule has 0 saturated heterocycles. The van der Waals surface area contributed by atoms with Crippen LogP contribution in [-0.2, 0) is 22.2 Å². The number of hydrogen-bond acceptors (Lipinski definition) is 2. The van der Waals surface area contributed by atoms with Gasteiger partial charge in [0.25, 0.3) is 0 Å². The highest BCUT2D eigenvalue weighted by molar-refractivity contribution is 7.88. The van der Waals surface area contributed by atoms with E-state index in [0.717, 1.165) is 17.5 Å². The minimum atomic E-state index is -3.29. The van der Waals surface area contributed by atoms with Crippen LogP contribution in [-0.4, -0.2) is 15.0 Å². The van der Waals surface area contributed by atoms with Gasteiger partial charge in [0.2, 0.25) is 10.0 Å². The van der Waals surface area contributed by atoms with Gasteiger partial charge in [0, 0.05) is 6.54 Å². The summed E-state index contributed by atoms with van der Waals surface area (Å²) in [6.45, 7) is 4.48. The molecule has 2 aromatic rings. The van der Waals surface area contributed by atoms with E-state index in [1.54, 1.807) is 0 Å². The van der Waals surface area contributed by atoms with Gasteiger partial charge in [-0.05, 0) is 30.4 Å². The van der Waals surface area contributed by atoms with Gasteiger partial charge in [-0.2, -0.15) is 0 Å². The van der Waals surface area contributed by atoms with Crippen LogP contribution in [0.1, 0.15) is 23.6 Å². The Balaban J connectivity index is 1.87. The van der Waals surface area contributed by atoms with Gasteiger partial charge >= 0.3 is 0 Å². The Morgan fingerprint density at radius 3 is 2.36 bits per heavy atom. The fraction of sp³-hybridized carbons (Fsp3) is 0.333. The van der Waals surface area contributed by atoms with Gasteiger partial charge in [-0.25, -0.2) is 13.1 Å². The van der Waals surface area contributed by atoms with E-state index in [1.165, 1.54) is 5.56 Å². The minimum absolute atomic E-state index is 0.0345. The first-order chi connectivity index (χ1) is 10.4. The third kappa shape index (κ3) is 5.62. The molecule has 1 atom stereocenters. The van der Waals surface area contributed by atoms with E-state index in [9.17, 15) is 8.42 Å². The Labute approximate surface area is 133 Å². The van der Waals surface area contributed by atoms with Gasteiger partial charge in [-0.1, -0.05) is 67.1 Å². The lowest BCUT2D eigenvalue weighted by atomic mass is 10.0. The van der Waals surface area contributed by atoms with Crippen LogP contribution in [0.2, 0.25) is 0 Å². The number of benzene rings is 2. The average molecular weight is 317 g/mol. The predicted molar refractivity (Wildman–Crippen MR) is 91.1 cm³/mol. The number of aryl methyl sites for hydroxylation is 1. The Kier molecular flexibility index (Phi) is 5.75. The van der Waals surface area contributed by atoms with Crippen LogP contribution in [0.15, 0.2) is 54.6 Å². The first-order valence-corrected chi connectivity index (χ1v) is 9.16. The summed E-state index contributed by atoms with van der Waals surface area (Å²) in [5.41, 5.74) is 3.13. The molecular weight excluding hydrogens is 294 g/mol. The van der Waals surface area contributed by atoms with Gasteiger partial charge in [0.15, 0.2) is 0 Å². The molecule has 0 aliphatic carbocycles. The first kappa shape index (κ1) is 16.7. The van der Waals surface area contributed by atoms with Crippen molar-refractivity contribution < 1.29 is 8.42 Å². The summed E-state index contributed by atoms with van der Waals surface area (Å²) in [7, 11) is -3.29. The lowest BCUT2D eigenvalue weighted by Crippen LogP contribution is -2.30. The molecular formula is C18H23NO2S. The van der Waals surface area contributed by atoms with Crippen LogP contribution in [0.3, 0.4) is 0 Å². The largest absolute Gasteiger partial charge is 0.215 e. The van der Waals surface area contributed by atoms with Crippen molar-refractivity contribution in [2.45, 2.75) is 26.0 Å². The van der Waals surface area contributed by atoms with Crippen molar-refractivity contribution in [2.24, 2.45) is 5.92 Å². The third-order valence-electron chi connectivity index (χ3n) is 3.52. The van der Waals surface area contributed by atoms with Crippen molar-refractivity contribution in [3.63, 3.8) is 0 Å². The van der Waals surface area contributed by atoms with Crippen LogP contribution in [0.5, 0.6) is 0 Å². The Hall–Kier alpha value is -1.65. The smallest absolute Gasteiger partial charge is 0.215 e. The molecule has 2 rings (SSSR count). The summed E-state index contributed by atoms with van der Waals surface area (Å²) in [6.07, 6.45) is 0.869. The number of rotatable bonds is 7. The van der Waals surface area contributed by atoms with Crippen LogP contribution < -0.4 is 4.72 Å². The van der Waals surface area contributed by atoms with Gasteiger partial charge in [-0.15, -0.1) is 0 Å². The zero-order chi connectivity index (χ0) is 16.0. The number of sulfonamides is 1. The summed E-state index contributed by atoms with van der Waals surface area (Å²) in [5, 5.41) is 0. The van der Waals surface area contributed by atoms with Crippen molar-refractivity contribution in [1.82, 2.24) is 4.72 Å². The maximum absolute atomic E-state index is 12.2. The quantitative estimate of drug-likeness (QED) is 0.852. The molecule has 0 heterocycles. The van der Waals surface area contributed by atoms with Gasteiger partial charge in [-0.3, -0.25) is 0 Å². The minimum Gasteiger partial charge on any atom is -0.215 e. The monoisotopic (exact) mass is 317 g/mol. The molecule has 2 aromatic carbocycles. The zero-order valence-electron chi connectivity index (χ0n) is 13.1. The molecule has 22 heavy (non-hydrogen) atoms. The van der Waals surface area contributed by atoms with E-state index in [2.05, 4.69) is 23.8 Å². The topological polar surface area (TPSA) is 46.2 Å². The van der Waals surface area contributed by atoms with E-state index >= 15 is 0 Å². The second-order valence-corrected chi connectivity index (χ2v) is 7.70. The second kappa shape index (κ2) is 7.56. The fourth-order valence-corrected chi connectivity index (χ4v) is 3.69. The number of hydrogen-bond donors (Lipinski definition) is 1. The van der Waals surface area contributed by atoms with Crippen molar-refractivity contribution in [3.05, 3.63) is 71.3 Å². The number of nitrogens with one attached hydrogen (secondary N) is 1.